The number of amides is 1. The zero-order valence-corrected chi connectivity index (χ0v) is 29.3. The third-order valence-corrected chi connectivity index (χ3v) is 13.9. The third-order valence-electron chi connectivity index (χ3n) is 11.5. The van der Waals surface area contributed by atoms with Gasteiger partial charge in [0, 0.05) is 40.9 Å². The SMILES string of the molecule is C=S1(=O)NC(=O)c2ccc3c(c2)N(C[C@@H]2CC[C@H]2[C@](O)(COCCC)CCC[C@H](C)[C@H]1C)C[C@@]1(CCCc2cc(Cl)ccc21)CO3. The number of hydrogen-bond acceptors (Lipinski definition) is 6. The molecule has 2 N–H and O–H groups in total. The van der Waals surface area contributed by atoms with Gasteiger partial charge in [-0.3, -0.25) is 9.52 Å². The van der Waals surface area contributed by atoms with Gasteiger partial charge in [0.15, 0.2) is 0 Å². The van der Waals surface area contributed by atoms with E-state index in [0.29, 0.717) is 31.8 Å². The van der Waals surface area contributed by atoms with Crippen molar-refractivity contribution in [2.75, 3.05) is 37.8 Å². The van der Waals surface area contributed by atoms with Crippen LogP contribution in [0.1, 0.15) is 93.6 Å². The number of benzene rings is 2. The summed E-state index contributed by atoms with van der Waals surface area (Å²) in [6, 6.07) is 11.8. The fourth-order valence-electron chi connectivity index (χ4n) is 8.44. The van der Waals surface area contributed by atoms with E-state index in [1.165, 1.54) is 11.1 Å². The Kier molecular flexibility index (Phi) is 9.75. The normalized spacial score (nSPS) is 34.8. The molecule has 6 rings (SSSR count). The fraction of sp³-hybridized carbons (Fsp3) is 0.622. The summed E-state index contributed by atoms with van der Waals surface area (Å²) in [6.45, 7) is 9.02. The number of ether oxygens (including phenoxy) is 2. The van der Waals surface area contributed by atoms with E-state index in [2.05, 4.69) is 41.5 Å². The second kappa shape index (κ2) is 13.3. The summed E-state index contributed by atoms with van der Waals surface area (Å²) in [4.78, 5) is 16.0. The van der Waals surface area contributed by atoms with Gasteiger partial charge in [0.1, 0.15) is 5.75 Å². The van der Waals surface area contributed by atoms with E-state index in [-0.39, 0.29) is 34.3 Å². The number of aryl methyl sites for hydroxylation is 1. The maximum Gasteiger partial charge on any atom is 0.262 e. The maximum absolute atomic E-state index is 13.8. The van der Waals surface area contributed by atoms with Gasteiger partial charge in [-0.05, 0) is 123 Å². The molecule has 2 aromatic carbocycles. The van der Waals surface area contributed by atoms with E-state index in [1.54, 1.807) is 6.07 Å². The maximum atomic E-state index is 13.8. The minimum atomic E-state index is -2.93. The number of aliphatic hydroxyl groups is 1. The summed E-state index contributed by atoms with van der Waals surface area (Å²) < 4.78 is 29.3. The van der Waals surface area contributed by atoms with Crippen molar-refractivity contribution in [3.63, 3.8) is 0 Å². The van der Waals surface area contributed by atoms with Gasteiger partial charge in [-0.2, -0.15) is 0 Å². The van der Waals surface area contributed by atoms with Crippen molar-refractivity contribution in [1.29, 1.82) is 0 Å². The lowest BCUT2D eigenvalue weighted by atomic mass is 9.63. The number of anilines is 1. The first-order valence-corrected chi connectivity index (χ1v) is 19.4. The Balaban J connectivity index is 1.42. The molecule has 252 valence electrons. The van der Waals surface area contributed by atoms with Crippen LogP contribution < -0.4 is 14.4 Å². The minimum Gasteiger partial charge on any atom is -0.490 e. The van der Waals surface area contributed by atoms with Gasteiger partial charge in [-0.25, -0.2) is 4.21 Å². The Morgan fingerprint density at radius 3 is 2.74 bits per heavy atom. The molecule has 2 aliphatic carbocycles. The topological polar surface area (TPSA) is 88.1 Å². The molecule has 1 unspecified atom stereocenters. The van der Waals surface area contributed by atoms with Crippen LogP contribution in [-0.2, 0) is 26.3 Å². The molecule has 1 amide bonds. The molecule has 1 spiro atoms. The standard InChI is InChI=1S/C37H51ClN2O5S/c1-5-18-44-24-37(42)17-6-8-25(2)26(3)46(4,43)39-35(41)28-11-15-34-33(20-28)40(21-29-10-13-32(29)37)22-36(23-45-34)16-7-9-27-19-30(38)12-14-31(27)36/h11-12,14-15,19-20,25-26,29,32,42H,4-10,13,16-18,21-24H2,1-3H3,(H,39,41,43)/t25-,26+,29-,32+,36-,37+,46?/m0/s1. The van der Waals surface area contributed by atoms with Crippen LogP contribution in [0.2, 0.25) is 5.02 Å². The number of fused-ring (bicyclic) bond motifs is 4. The van der Waals surface area contributed by atoms with Crippen molar-refractivity contribution >= 4 is 38.8 Å². The molecule has 7 atom stereocenters. The number of carbonyl (C=O) groups excluding carboxylic acids is 1. The summed E-state index contributed by atoms with van der Waals surface area (Å²) in [6.07, 6.45) is 8.12. The Morgan fingerprint density at radius 2 is 1.98 bits per heavy atom. The van der Waals surface area contributed by atoms with Crippen molar-refractivity contribution in [1.82, 2.24) is 4.72 Å². The zero-order chi connectivity index (χ0) is 32.7. The highest BCUT2D eigenvalue weighted by atomic mass is 35.5. The Bertz CT molecular complexity index is 1550. The zero-order valence-electron chi connectivity index (χ0n) is 27.7. The van der Waals surface area contributed by atoms with Gasteiger partial charge in [0.2, 0.25) is 0 Å². The average Bonchev–Trinajstić information content (AvgIpc) is 3.15. The summed E-state index contributed by atoms with van der Waals surface area (Å²) in [5.41, 5.74) is 2.70. The van der Waals surface area contributed by atoms with Crippen molar-refractivity contribution < 1.29 is 23.6 Å². The van der Waals surface area contributed by atoms with Gasteiger partial charge in [0.05, 0.1) is 34.2 Å². The Labute approximate surface area is 280 Å². The highest BCUT2D eigenvalue weighted by molar-refractivity contribution is 7.99. The molecule has 0 aromatic heterocycles. The molecule has 2 aromatic rings. The molecule has 2 heterocycles. The highest BCUT2D eigenvalue weighted by Crippen LogP contribution is 2.49. The lowest BCUT2D eigenvalue weighted by Gasteiger charge is -2.50. The molecule has 2 aliphatic heterocycles. The second-order valence-electron chi connectivity index (χ2n) is 14.6. The van der Waals surface area contributed by atoms with Gasteiger partial charge < -0.3 is 19.5 Å². The van der Waals surface area contributed by atoms with Gasteiger partial charge in [-0.15, -0.1) is 0 Å². The van der Waals surface area contributed by atoms with E-state index in [4.69, 9.17) is 21.1 Å². The van der Waals surface area contributed by atoms with Crippen LogP contribution in [0.4, 0.5) is 5.69 Å². The predicted octanol–water partition coefficient (Wildman–Crippen LogP) is 6.57. The van der Waals surface area contributed by atoms with Crippen molar-refractivity contribution in [3.8, 4) is 5.75 Å². The van der Waals surface area contributed by atoms with Crippen LogP contribution in [0.15, 0.2) is 36.4 Å². The van der Waals surface area contributed by atoms with Crippen LogP contribution in [0.3, 0.4) is 0 Å². The molecule has 4 aliphatic rings. The van der Waals surface area contributed by atoms with E-state index in [9.17, 15) is 14.1 Å². The molecular weight excluding hydrogens is 620 g/mol. The number of carbonyl (C=O) groups is 1. The minimum absolute atomic E-state index is 0.0524. The summed E-state index contributed by atoms with van der Waals surface area (Å²) in [7, 11) is -2.93. The quantitative estimate of drug-likeness (QED) is 0.283. The van der Waals surface area contributed by atoms with Crippen molar-refractivity contribution in [2.24, 2.45) is 17.8 Å². The first-order chi connectivity index (χ1) is 21.9. The molecule has 9 heteroatoms. The molecule has 46 heavy (non-hydrogen) atoms. The molecule has 7 nitrogen and oxygen atoms in total. The molecule has 1 saturated carbocycles. The predicted molar refractivity (Wildman–Crippen MR) is 188 cm³/mol. The van der Waals surface area contributed by atoms with Crippen molar-refractivity contribution in [3.05, 3.63) is 58.1 Å². The smallest absolute Gasteiger partial charge is 0.262 e. The Morgan fingerprint density at radius 1 is 1.15 bits per heavy atom. The number of nitrogens with zero attached hydrogens (tertiary/aromatic N) is 1. The van der Waals surface area contributed by atoms with Crippen LogP contribution in [0.25, 0.3) is 0 Å². The van der Waals surface area contributed by atoms with Crippen molar-refractivity contribution in [2.45, 2.75) is 94.8 Å². The highest BCUT2D eigenvalue weighted by Gasteiger charge is 2.49. The van der Waals surface area contributed by atoms with Crippen LogP contribution in [0.5, 0.6) is 5.75 Å². The number of rotatable bonds is 4. The number of hydrogen-bond donors (Lipinski definition) is 2. The molecule has 0 saturated heterocycles. The summed E-state index contributed by atoms with van der Waals surface area (Å²) in [5, 5.41) is 12.7. The van der Waals surface area contributed by atoms with Gasteiger partial charge in [-0.1, -0.05) is 37.9 Å². The van der Waals surface area contributed by atoms with E-state index in [0.717, 1.165) is 80.9 Å². The summed E-state index contributed by atoms with van der Waals surface area (Å²) in [5.74, 6) is 4.80. The first-order valence-electron chi connectivity index (χ1n) is 17.2. The lowest BCUT2D eigenvalue weighted by Crippen LogP contribution is -2.54. The fourth-order valence-corrected chi connectivity index (χ4v) is 10.1. The summed E-state index contributed by atoms with van der Waals surface area (Å²) >= 11 is 6.45. The number of nitrogens with one attached hydrogen (secondary N) is 1. The molecular formula is C37H51ClN2O5S. The monoisotopic (exact) mass is 670 g/mol. The van der Waals surface area contributed by atoms with Crippen LogP contribution >= 0.6 is 11.6 Å². The van der Waals surface area contributed by atoms with Crippen LogP contribution in [-0.4, -0.2) is 64.9 Å². The third kappa shape index (κ3) is 6.56. The lowest BCUT2D eigenvalue weighted by molar-refractivity contribution is -0.132. The van der Waals surface area contributed by atoms with E-state index < -0.39 is 15.3 Å². The number of halogens is 1. The largest absolute Gasteiger partial charge is 0.490 e. The Hall–Kier alpha value is -2.26. The van der Waals surface area contributed by atoms with E-state index >= 15 is 0 Å². The van der Waals surface area contributed by atoms with Crippen LogP contribution in [0, 0.1) is 17.8 Å². The van der Waals surface area contributed by atoms with Gasteiger partial charge in [0.25, 0.3) is 5.91 Å². The first kappa shape index (κ1) is 33.6. The average molecular weight is 671 g/mol. The second-order valence-corrected chi connectivity index (χ2v) is 17.5. The molecule has 0 radical (unpaired) electrons. The molecule has 1 fully saturated rings. The molecule has 2 bridgehead atoms. The van der Waals surface area contributed by atoms with Gasteiger partial charge >= 0.3 is 0 Å². The van der Waals surface area contributed by atoms with E-state index in [1.807, 2.05) is 25.1 Å².